The van der Waals surface area contributed by atoms with Crippen LogP contribution in [-0.2, 0) is 9.47 Å². The first kappa shape index (κ1) is 26.0. The second kappa shape index (κ2) is 12.7. The zero-order chi connectivity index (χ0) is 25.5. The first-order valence-corrected chi connectivity index (χ1v) is 14.0. The van der Waals surface area contributed by atoms with Crippen LogP contribution in [0.5, 0.6) is 23.0 Å². The summed E-state index contributed by atoms with van der Waals surface area (Å²) >= 11 is 0. The number of hydrogen-bond acceptors (Lipinski definition) is 7. The topological polar surface area (TPSA) is 75.1 Å². The number of benzene rings is 2. The molecule has 3 heterocycles. The predicted octanol–water partition coefficient (Wildman–Crippen LogP) is 7.06. The highest BCUT2D eigenvalue weighted by molar-refractivity contribution is 6.07. The molecule has 2 fully saturated rings. The lowest BCUT2D eigenvalue weighted by molar-refractivity contribution is 0.239. The van der Waals surface area contributed by atoms with E-state index in [4.69, 9.17) is 32.8 Å². The minimum atomic E-state index is 0.163. The highest BCUT2D eigenvalue weighted by atomic mass is 16.6. The number of furan rings is 1. The van der Waals surface area contributed by atoms with Crippen LogP contribution in [-0.4, -0.2) is 51.8 Å². The van der Waals surface area contributed by atoms with Crippen molar-refractivity contribution in [1.82, 2.24) is 0 Å². The Morgan fingerprint density at radius 2 is 1.03 bits per heavy atom. The third-order valence-corrected chi connectivity index (χ3v) is 6.77. The summed E-state index contributed by atoms with van der Waals surface area (Å²) in [6, 6.07) is 7.93. The number of fused-ring (bicyclic) bond motifs is 3. The number of rotatable bonds is 18. The maximum absolute atomic E-state index is 6.29. The molecule has 0 radical (unpaired) electrons. The number of unbranched alkanes of at least 4 members (excludes halogenated alkanes) is 6. The van der Waals surface area contributed by atoms with Crippen LogP contribution >= 0.6 is 0 Å². The predicted molar refractivity (Wildman–Crippen MR) is 143 cm³/mol. The van der Waals surface area contributed by atoms with Crippen molar-refractivity contribution in [3.8, 4) is 23.0 Å². The maximum atomic E-state index is 6.29. The van der Waals surface area contributed by atoms with Crippen molar-refractivity contribution in [3.63, 3.8) is 0 Å². The summed E-state index contributed by atoms with van der Waals surface area (Å²) < 4.78 is 41.6. The van der Waals surface area contributed by atoms with Crippen LogP contribution in [0.3, 0.4) is 0 Å². The zero-order valence-electron chi connectivity index (χ0n) is 22.2. The Labute approximate surface area is 219 Å². The molecular formula is C30H40O7. The van der Waals surface area contributed by atoms with E-state index in [1.165, 1.54) is 25.7 Å². The average molecular weight is 513 g/mol. The lowest BCUT2D eigenvalue weighted by atomic mass is 10.1. The van der Waals surface area contributed by atoms with Crippen LogP contribution in [0.2, 0.25) is 0 Å². The monoisotopic (exact) mass is 512 g/mol. The van der Waals surface area contributed by atoms with Crippen molar-refractivity contribution in [2.45, 2.75) is 77.4 Å². The van der Waals surface area contributed by atoms with Crippen LogP contribution in [0.4, 0.5) is 0 Å². The highest BCUT2D eigenvalue weighted by Gasteiger charge is 2.26. The average Bonchev–Trinajstić information content (AvgIpc) is 3.84. The number of hydrogen-bond donors (Lipinski definition) is 0. The standard InChI is InChI=1S/C30H40O7/c1-3-5-7-9-11-31-29-15-25-23(13-27(29)35-19-21-17-33-21)24-14-28(36-20-22-18-34-22)30(16-26(24)37-25)32-12-10-8-6-4-2/h13-16,21-22H,3-12,17-20H2,1-2H3. The molecule has 5 rings (SSSR count). The number of epoxide rings is 2. The van der Waals surface area contributed by atoms with Crippen molar-refractivity contribution in [2.75, 3.05) is 39.6 Å². The third kappa shape index (κ3) is 7.23. The van der Waals surface area contributed by atoms with Gasteiger partial charge in [0.1, 0.15) is 36.6 Å². The molecule has 37 heavy (non-hydrogen) atoms. The molecule has 2 saturated heterocycles. The van der Waals surface area contributed by atoms with Gasteiger partial charge in [-0.3, -0.25) is 0 Å². The Balaban J connectivity index is 1.41. The Morgan fingerprint density at radius 3 is 1.43 bits per heavy atom. The fourth-order valence-electron chi connectivity index (χ4n) is 4.36. The molecule has 3 aromatic rings. The normalized spacial score (nSPS) is 18.3. The Bertz CT molecular complexity index is 1060. The van der Waals surface area contributed by atoms with Crippen molar-refractivity contribution in [2.24, 2.45) is 0 Å². The summed E-state index contributed by atoms with van der Waals surface area (Å²) in [6.45, 7) is 8.24. The molecule has 0 bridgehead atoms. The van der Waals surface area contributed by atoms with Crippen LogP contribution in [0.25, 0.3) is 21.9 Å². The fraction of sp³-hybridized carbons (Fsp3) is 0.600. The highest BCUT2D eigenvalue weighted by Crippen LogP contribution is 2.42. The molecule has 7 heteroatoms. The van der Waals surface area contributed by atoms with E-state index >= 15 is 0 Å². The maximum Gasteiger partial charge on any atom is 0.164 e. The molecule has 0 N–H and O–H groups in total. The smallest absolute Gasteiger partial charge is 0.164 e. The van der Waals surface area contributed by atoms with Gasteiger partial charge in [0.15, 0.2) is 23.0 Å². The van der Waals surface area contributed by atoms with Gasteiger partial charge in [0, 0.05) is 22.9 Å². The van der Waals surface area contributed by atoms with E-state index in [2.05, 4.69) is 13.8 Å². The van der Waals surface area contributed by atoms with Crippen molar-refractivity contribution < 1.29 is 32.8 Å². The summed E-state index contributed by atoms with van der Waals surface area (Å²) in [5.41, 5.74) is 1.51. The van der Waals surface area contributed by atoms with Gasteiger partial charge in [-0.15, -0.1) is 0 Å². The zero-order valence-corrected chi connectivity index (χ0v) is 22.2. The minimum Gasteiger partial charge on any atom is -0.490 e. The molecule has 202 valence electrons. The van der Waals surface area contributed by atoms with Gasteiger partial charge in [-0.25, -0.2) is 0 Å². The van der Waals surface area contributed by atoms with Gasteiger partial charge >= 0.3 is 0 Å². The van der Waals surface area contributed by atoms with E-state index in [1.54, 1.807) is 0 Å². The summed E-state index contributed by atoms with van der Waals surface area (Å²) in [5.74, 6) is 2.84. The lowest BCUT2D eigenvalue weighted by Gasteiger charge is -2.13. The molecule has 2 aliphatic heterocycles. The SMILES string of the molecule is CCCCCCOc1cc2oc3cc(OCCCCCC)c(OCC4CO4)cc3c2cc1OCC1CO1. The van der Waals surface area contributed by atoms with E-state index in [0.29, 0.717) is 49.4 Å². The molecule has 0 amide bonds. The number of ether oxygens (including phenoxy) is 6. The molecule has 2 aliphatic rings. The van der Waals surface area contributed by atoms with Crippen LogP contribution in [0.1, 0.15) is 65.2 Å². The van der Waals surface area contributed by atoms with Gasteiger partial charge in [-0.05, 0) is 25.0 Å². The molecular weight excluding hydrogens is 472 g/mol. The summed E-state index contributed by atoms with van der Waals surface area (Å²) in [5, 5.41) is 1.92. The minimum absolute atomic E-state index is 0.163. The Kier molecular flexibility index (Phi) is 8.95. The molecule has 7 nitrogen and oxygen atoms in total. The van der Waals surface area contributed by atoms with Gasteiger partial charge < -0.3 is 32.8 Å². The molecule has 2 atom stereocenters. The lowest BCUT2D eigenvalue weighted by Crippen LogP contribution is -2.06. The van der Waals surface area contributed by atoms with E-state index < -0.39 is 0 Å². The van der Waals surface area contributed by atoms with E-state index in [1.807, 2.05) is 24.3 Å². The summed E-state index contributed by atoms with van der Waals surface area (Å²) in [7, 11) is 0. The summed E-state index contributed by atoms with van der Waals surface area (Å²) in [4.78, 5) is 0. The van der Waals surface area contributed by atoms with Gasteiger partial charge in [0.2, 0.25) is 0 Å². The Hall–Kier alpha value is -2.64. The van der Waals surface area contributed by atoms with Crippen molar-refractivity contribution >= 4 is 21.9 Å². The first-order valence-electron chi connectivity index (χ1n) is 14.0. The second-order valence-electron chi connectivity index (χ2n) is 10.0. The van der Waals surface area contributed by atoms with E-state index in [0.717, 1.165) is 60.8 Å². The van der Waals surface area contributed by atoms with Crippen LogP contribution in [0.15, 0.2) is 28.7 Å². The van der Waals surface area contributed by atoms with Crippen molar-refractivity contribution in [1.29, 1.82) is 0 Å². The van der Waals surface area contributed by atoms with Crippen molar-refractivity contribution in [3.05, 3.63) is 24.3 Å². The van der Waals surface area contributed by atoms with Gasteiger partial charge in [-0.2, -0.15) is 0 Å². The van der Waals surface area contributed by atoms with Crippen LogP contribution < -0.4 is 18.9 Å². The molecule has 0 spiro atoms. The first-order chi connectivity index (χ1) is 18.2. The summed E-state index contributed by atoms with van der Waals surface area (Å²) in [6.07, 6.45) is 9.50. The van der Waals surface area contributed by atoms with E-state index in [9.17, 15) is 0 Å². The quantitative estimate of drug-likeness (QED) is 0.133. The molecule has 2 aromatic carbocycles. The molecule has 2 unspecified atom stereocenters. The Morgan fingerprint density at radius 1 is 0.595 bits per heavy atom. The molecule has 1 aromatic heterocycles. The third-order valence-electron chi connectivity index (χ3n) is 6.77. The van der Waals surface area contributed by atoms with Crippen LogP contribution in [0, 0.1) is 0 Å². The largest absolute Gasteiger partial charge is 0.490 e. The molecule has 0 aliphatic carbocycles. The second-order valence-corrected chi connectivity index (χ2v) is 10.0. The van der Waals surface area contributed by atoms with Gasteiger partial charge in [0.25, 0.3) is 0 Å². The fourth-order valence-corrected chi connectivity index (χ4v) is 4.36. The van der Waals surface area contributed by atoms with E-state index in [-0.39, 0.29) is 12.2 Å². The molecule has 0 saturated carbocycles. The van der Waals surface area contributed by atoms with Gasteiger partial charge in [0.05, 0.1) is 26.4 Å². The van der Waals surface area contributed by atoms with Gasteiger partial charge in [-0.1, -0.05) is 52.4 Å².